The van der Waals surface area contributed by atoms with E-state index in [1.807, 2.05) is 30.3 Å². The van der Waals surface area contributed by atoms with Crippen LogP contribution in [0.3, 0.4) is 0 Å². The molecule has 0 unspecified atom stereocenters. The lowest BCUT2D eigenvalue weighted by Gasteiger charge is -2.07. The highest BCUT2D eigenvalue weighted by atomic mass is 19.4. The first kappa shape index (κ1) is 17.0. The van der Waals surface area contributed by atoms with Crippen LogP contribution in [0.1, 0.15) is 21.6 Å². The molecule has 134 valence electrons. The molecule has 4 rings (SSSR count). The summed E-state index contributed by atoms with van der Waals surface area (Å²) in [6, 6.07) is 17.5. The Morgan fingerprint density at radius 2 is 1.59 bits per heavy atom. The fourth-order valence-corrected chi connectivity index (χ4v) is 2.78. The van der Waals surface area contributed by atoms with Crippen LogP contribution in [0.5, 0.6) is 0 Å². The highest BCUT2D eigenvalue weighted by molar-refractivity contribution is 6.09. The van der Waals surface area contributed by atoms with Crippen molar-refractivity contribution in [3.63, 3.8) is 0 Å². The average molecular weight is 367 g/mol. The van der Waals surface area contributed by atoms with E-state index in [0.717, 1.165) is 22.9 Å². The Kier molecular flexibility index (Phi) is 3.99. The number of hydrogen-bond donors (Lipinski definition) is 0. The molecule has 4 aromatic rings. The fourth-order valence-electron chi connectivity index (χ4n) is 2.78. The van der Waals surface area contributed by atoms with Crippen molar-refractivity contribution in [2.45, 2.75) is 6.18 Å². The Labute approximate surface area is 151 Å². The topological polar surface area (TPSA) is 47.8 Å². The number of benzene rings is 3. The molecule has 0 bridgehead atoms. The number of nitrogens with zero attached hydrogens (tertiary/aromatic N) is 3. The van der Waals surface area contributed by atoms with E-state index in [1.165, 1.54) is 23.0 Å². The summed E-state index contributed by atoms with van der Waals surface area (Å²) < 4.78 is 39.2. The first-order valence-corrected chi connectivity index (χ1v) is 8.05. The second-order valence-electron chi connectivity index (χ2n) is 5.98. The second-order valence-corrected chi connectivity index (χ2v) is 5.98. The van der Waals surface area contributed by atoms with E-state index < -0.39 is 11.7 Å². The van der Waals surface area contributed by atoms with Crippen LogP contribution < -0.4 is 0 Å². The number of aromatic nitrogens is 3. The van der Waals surface area contributed by atoms with Crippen molar-refractivity contribution in [1.29, 1.82) is 0 Å². The minimum atomic E-state index is -4.40. The Hall–Kier alpha value is -3.48. The predicted octanol–water partition coefficient (Wildman–Crippen LogP) is 4.67. The van der Waals surface area contributed by atoms with Gasteiger partial charge in [-0.05, 0) is 41.1 Å². The highest BCUT2D eigenvalue weighted by Crippen LogP contribution is 2.29. The summed E-state index contributed by atoms with van der Waals surface area (Å²) in [5, 5.41) is 9.66. The van der Waals surface area contributed by atoms with Crippen molar-refractivity contribution >= 4 is 16.6 Å². The SMILES string of the molecule is O=C(c1ccc2ccccc2c1)c1cn(-c2ccc(C(F)(F)F)cc2)nn1. The number of fused-ring (bicyclic) bond motifs is 1. The molecule has 0 saturated heterocycles. The number of carbonyl (C=O) groups excluding carboxylic acids is 1. The monoisotopic (exact) mass is 367 g/mol. The molecule has 0 atom stereocenters. The summed E-state index contributed by atoms with van der Waals surface area (Å²) in [7, 11) is 0. The molecule has 0 amide bonds. The third kappa shape index (κ3) is 3.31. The van der Waals surface area contributed by atoms with Gasteiger partial charge >= 0.3 is 6.18 Å². The van der Waals surface area contributed by atoms with Gasteiger partial charge in [-0.2, -0.15) is 13.2 Å². The molecule has 0 aliphatic carbocycles. The molecule has 0 N–H and O–H groups in total. The summed E-state index contributed by atoms with van der Waals surface area (Å²) in [6.45, 7) is 0. The van der Waals surface area contributed by atoms with Crippen molar-refractivity contribution in [1.82, 2.24) is 15.0 Å². The smallest absolute Gasteiger partial charge is 0.287 e. The average Bonchev–Trinajstić information content (AvgIpc) is 3.16. The molecule has 0 fully saturated rings. The summed E-state index contributed by atoms with van der Waals surface area (Å²) in [6.07, 6.45) is -3.00. The highest BCUT2D eigenvalue weighted by Gasteiger charge is 2.30. The maximum Gasteiger partial charge on any atom is 0.416 e. The third-order valence-corrected chi connectivity index (χ3v) is 4.20. The molecule has 0 aliphatic rings. The van der Waals surface area contributed by atoms with E-state index in [4.69, 9.17) is 0 Å². The van der Waals surface area contributed by atoms with Crippen LogP contribution in [-0.2, 0) is 6.18 Å². The molecule has 27 heavy (non-hydrogen) atoms. The number of alkyl halides is 3. The van der Waals surface area contributed by atoms with E-state index in [9.17, 15) is 18.0 Å². The molecule has 0 spiro atoms. The van der Waals surface area contributed by atoms with Crippen LogP contribution in [0.4, 0.5) is 13.2 Å². The van der Waals surface area contributed by atoms with Crippen LogP contribution in [0.2, 0.25) is 0 Å². The lowest BCUT2D eigenvalue weighted by molar-refractivity contribution is -0.137. The van der Waals surface area contributed by atoms with Gasteiger partial charge in [0.15, 0.2) is 5.69 Å². The van der Waals surface area contributed by atoms with Crippen LogP contribution in [0.15, 0.2) is 72.9 Å². The Bertz CT molecular complexity index is 1130. The quantitative estimate of drug-likeness (QED) is 0.495. The number of halogens is 3. The zero-order valence-corrected chi connectivity index (χ0v) is 13.8. The molecular formula is C20H12F3N3O. The summed E-state index contributed by atoms with van der Waals surface area (Å²) in [4.78, 5) is 12.7. The van der Waals surface area contributed by atoms with Gasteiger partial charge in [0.25, 0.3) is 0 Å². The first-order valence-electron chi connectivity index (χ1n) is 8.05. The fraction of sp³-hybridized carbons (Fsp3) is 0.0500. The van der Waals surface area contributed by atoms with Crippen molar-refractivity contribution in [3.05, 3.63) is 89.7 Å². The van der Waals surface area contributed by atoms with Crippen molar-refractivity contribution in [2.24, 2.45) is 0 Å². The second kappa shape index (κ2) is 6.35. The summed E-state index contributed by atoms with van der Waals surface area (Å²) >= 11 is 0. The lowest BCUT2D eigenvalue weighted by Crippen LogP contribution is -2.05. The van der Waals surface area contributed by atoms with Gasteiger partial charge < -0.3 is 0 Å². The van der Waals surface area contributed by atoms with Crippen LogP contribution in [0.25, 0.3) is 16.5 Å². The van der Waals surface area contributed by atoms with E-state index in [0.29, 0.717) is 11.3 Å². The van der Waals surface area contributed by atoms with Gasteiger partial charge in [0, 0.05) is 5.56 Å². The number of carbonyl (C=O) groups is 1. The van der Waals surface area contributed by atoms with Gasteiger partial charge in [-0.25, -0.2) is 4.68 Å². The predicted molar refractivity (Wildman–Crippen MR) is 93.7 cm³/mol. The maximum atomic E-state index is 12.7. The third-order valence-electron chi connectivity index (χ3n) is 4.20. The van der Waals surface area contributed by atoms with Gasteiger partial charge in [0.2, 0.25) is 5.78 Å². The first-order chi connectivity index (χ1) is 12.9. The number of ketones is 1. The van der Waals surface area contributed by atoms with Crippen LogP contribution >= 0.6 is 0 Å². The zero-order chi connectivity index (χ0) is 19.0. The molecule has 3 aromatic carbocycles. The molecule has 0 saturated carbocycles. The number of hydrogen-bond acceptors (Lipinski definition) is 3. The Morgan fingerprint density at radius 1 is 0.889 bits per heavy atom. The van der Waals surface area contributed by atoms with Gasteiger partial charge in [-0.1, -0.05) is 41.6 Å². The Balaban J connectivity index is 1.62. The van der Waals surface area contributed by atoms with Crippen molar-refractivity contribution in [2.75, 3.05) is 0 Å². The van der Waals surface area contributed by atoms with Crippen molar-refractivity contribution < 1.29 is 18.0 Å². The van der Waals surface area contributed by atoms with E-state index >= 15 is 0 Å². The van der Waals surface area contributed by atoms with Gasteiger partial charge in [-0.15, -0.1) is 5.10 Å². The summed E-state index contributed by atoms with van der Waals surface area (Å²) in [5.41, 5.74) is 0.213. The summed E-state index contributed by atoms with van der Waals surface area (Å²) in [5.74, 6) is -0.307. The van der Waals surface area contributed by atoms with Crippen LogP contribution in [-0.4, -0.2) is 20.8 Å². The van der Waals surface area contributed by atoms with Gasteiger partial charge in [-0.3, -0.25) is 4.79 Å². The molecule has 0 aliphatic heterocycles. The van der Waals surface area contributed by atoms with Crippen molar-refractivity contribution in [3.8, 4) is 5.69 Å². The molecule has 1 aromatic heterocycles. The minimum absolute atomic E-state index is 0.116. The standard InChI is InChI=1S/C20H12F3N3O/c21-20(22,23)16-7-9-17(10-8-16)26-12-18(24-25-26)19(27)15-6-5-13-3-1-2-4-14(13)11-15/h1-12H. The van der Waals surface area contributed by atoms with E-state index in [2.05, 4.69) is 10.3 Å². The van der Waals surface area contributed by atoms with E-state index in [-0.39, 0.29) is 11.5 Å². The minimum Gasteiger partial charge on any atom is -0.287 e. The Morgan fingerprint density at radius 3 is 2.30 bits per heavy atom. The van der Waals surface area contributed by atoms with E-state index in [1.54, 1.807) is 12.1 Å². The molecule has 1 heterocycles. The largest absolute Gasteiger partial charge is 0.416 e. The normalized spacial score (nSPS) is 11.7. The molecule has 4 nitrogen and oxygen atoms in total. The molecule has 0 radical (unpaired) electrons. The number of rotatable bonds is 3. The van der Waals surface area contributed by atoms with Crippen LogP contribution in [0, 0.1) is 0 Å². The zero-order valence-electron chi connectivity index (χ0n) is 13.8. The lowest BCUT2D eigenvalue weighted by atomic mass is 10.0. The van der Waals surface area contributed by atoms with Gasteiger partial charge in [0.1, 0.15) is 0 Å². The molecular weight excluding hydrogens is 355 g/mol. The van der Waals surface area contributed by atoms with Gasteiger partial charge in [0.05, 0.1) is 17.4 Å². The molecule has 7 heteroatoms. The maximum absolute atomic E-state index is 12.7.